The van der Waals surface area contributed by atoms with Crippen molar-refractivity contribution in [1.29, 1.82) is 0 Å². The van der Waals surface area contributed by atoms with E-state index in [9.17, 15) is 4.79 Å². The fraction of sp³-hybridized carbons (Fsp3) is 0.222. The molecule has 1 amide bonds. The molecule has 3 aromatic rings. The molecule has 3 rings (SSSR count). The number of aryl methyl sites for hydroxylation is 1. The van der Waals surface area contributed by atoms with Gasteiger partial charge < -0.3 is 19.2 Å². The van der Waals surface area contributed by atoms with Crippen LogP contribution < -0.4 is 10.1 Å². The average Bonchev–Trinajstić information content (AvgIpc) is 3.23. The lowest BCUT2D eigenvalue weighted by Gasteiger charge is -2.04. The second-order valence-corrected chi connectivity index (χ2v) is 5.51. The van der Waals surface area contributed by atoms with Crippen LogP contribution in [-0.2, 0) is 18.1 Å². The van der Waals surface area contributed by atoms with Crippen molar-refractivity contribution in [3.63, 3.8) is 0 Å². The van der Waals surface area contributed by atoms with Gasteiger partial charge in [0.2, 0.25) is 0 Å². The number of nitrogens with zero attached hydrogens (tertiary/aromatic N) is 2. The zero-order chi connectivity index (χ0) is 17.6. The highest BCUT2D eigenvalue weighted by Gasteiger charge is 2.13. The fourth-order valence-electron chi connectivity index (χ4n) is 2.26. The van der Waals surface area contributed by atoms with Crippen molar-refractivity contribution in [2.45, 2.75) is 20.3 Å². The molecule has 2 heterocycles. The standard InChI is InChI=1S/C18H19N3O4/c1-13-4-3-5-15(8-13)24-11-16-6-7-17(25-16)18(22)20-14-9-19-21(10-14)12-23-2/h3-10H,11-12H2,1-2H3,(H,20,22). The molecule has 2 aromatic heterocycles. The van der Waals surface area contributed by atoms with Gasteiger partial charge in [0.15, 0.2) is 5.76 Å². The number of carbonyl (C=O) groups is 1. The monoisotopic (exact) mass is 341 g/mol. The molecule has 0 saturated carbocycles. The third kappa shape index (κ3) is 4.48. The van der Waals surface area contributed by atoms with E-state index in [-0.39, 0.29) is 18.3 Å². The molecular formula is C18H19N3O4. The van der Waals surface area contributed by atoms with Gasteiger partial charge in [-0.3, -0.25) is 4.79 Å². The molecule has 0 atom stereocenters. The summed E-state index contributed by atoms with van der Waals surface area (Å²) in [7, 11) is 1.57. The highest BCUT2D eigenvalue weighted by molar-refractivity contribution is 6.02. The first-order chi connectivity index (χ1) is 12.1. The van der Waals surface area contributed by atoms with E-state index in [4.69, 9.17) is 13.9 Å². The van der Waals surface area contributed by atoms with Crippen molar-refractivity contribution in [3.8, 4) is 5.75 Å². The predicted octanol–water partition coefficient (Wildman–Crippen LogP) is 3.22. The first-order valence-electron chi connectivity index (χ1n) is 7.75. The average molecular weight is 341 g/mol. The van der Waals surface area contributed by atoms with Gasteiger partial charge in [-0.05, 0) is 36.8 Å². The number of aromatic nitrogens is 2. The molecule has 0 aliphatic carbocycles. The van der Waals surface area contributed by atoms with E-state index in [1.807, 2.05) is 31.2 Å². The molecule has 130 valence electrons. The highest BCUT2D eigenvalue weighted by Crippen LogP contribution is 2.16. The van der Waals surface area contributed by atoms with Crippen molar-refractivity contribution >= 4 is 11.6 Å². The molecule has 0 aliphatic rings. The summed E-state index contributed by atoms with van der Waals surface area (Å²) in [6.07, 6.45) is 3.22. The van der Waals surface area contributed by atoms with Crippen LogP contribution in [0.1, 0.15) is 21.9 Å². The first-order valence-corrected chi connectivity index (χ1v) is 7.75. The van der Waals surface area contributed by atoms with Crippen molar-refractivity contribution < 1.29 is 18.7 Å². The second kappa shape index (κ2) is 7.67. The van der Waals surface area contributed by atoms with E-state index in [0.717, 1.165) is 11.3 Å². The number of methoxy groups -OCH3 is 1. The molecule has 0 aliphatic heterocycles. The van der Waals surface area contributed by atoms with Gasteiger partial charge in [0.05, 0.1) is 18.1 Å². The summed E-state index contributed by atoms with van der Waals surface area (Å²) < 4.78 is 17.7. The lowest BCUT2D eigenvalue weighted by Crippen LogP contribution is -2.10. The summed E-state index contributed by atoms with van der Waals surface area (Å²) >= 11 is 0. The molecule has 0 spiro atoms. The van der Waals surface area contributed by atoms with Gasteiger partial charge in [0.1, 0.15) is 24.8 Å². The Morgan fingerprint density at radius 1 is 1.32 bits per heavy atom. The summed E-state index contributed by atoms with van der Waals surface area (Å²) in [6.45, 7) is 2.57. The molecule has 0 radical (unpaired) electrons. The lowest BCUT2D eigenvalue weighted by atomic mass is 10.2. The number of anilines is 1. The number of rotatable bonds is 7. The van der Waals surface area contributed by atoms with Crippen LogP contribution in [-0.4, -0.2) is 22.8 Å². The summed E-state index contributed by atoms with van der Waals surface area (Å²) in [5, 5.41) is 6.77. The molecule has 1 N–H and O–H groups in total. The maximum atomic E-state index is 12.2. The number of benzene rings is 1. The Kier molecular flexibility index (Phi) is 5.15. The third-order valence-corrected chi connectivity index (χ3v) is 3.41. The van der Waals surface area contributed by atoms with Crippen molar-refractivity contribution in [2.75, 3.05) is 12.4 Å². The molecule has 25 heavy (non-hydrogen) atoms. The van der Waals surface area contributed by atoms with Crippen LogP contribution in [0.3, 0.4) is 0 Å². The molecule has 7 heteroatoms. The molecule has 0 saturated heterocycles. The second-order valence-electron chi connectivity index (χ2n) is 5.51. The van der Waals surface area contributed by atoms with E-state index in [2.05, 4.69) is 10.4 Å². The largest absolute Gasteiger partial charge is 0.486 e. The van der Waals surface area contributed by atoms with Crippen LogP contribution in [0, 0.1) is 6.92 Å². The molecule has 0 bridgehead atoms. The predicted molar refractivity (Wildman–Crippen MR) is 91.4 cm³/mol. The van der Waals surface area contributed by atoms with E-state index in [0.29, 0.717) is 18.2 Å². The quantitative estimate of drug-likeness (QED) is 0.714. The Balaban J connectivity index is 1.57. The Morgan fingerprint density at radius 2 is 2.20 bits per heavy atom. The van der Waals surface area contributed by atoms with Gasteiger partial charge in [-0.2, -0.15) is 5.10 Å². The Morgan fingerprint density at radius 3 is 3.00 bits per heavy atom. The van der Waals surface area contributed by atoms with E-state index < -0.39 is 0 Å². The van der Waals surface area contributed by atoms with E-state index in [1.165, 1.54) is 0 Å². The molecule has 0 unspecified atom stereocenters. The Labute approximate surface area is 145 Å². The number of nitrogens with one attached hydrogen (secondary N) is 1. The maximum Gasteiger partial charge on any atom is 0.291 e. The summed E-state index contributed by atoms with van der Waals surface area (Å²) in [6, 6.07) is 11.1. The van der Waals surface area contributed by atoms with Crippen LogP contribution in [0.15, 0.2) is 53.2 Å². The minimum atomic E-state index is -0.348. The third-order valence-electron chi connectivity index (χ3n) is 3.41. The van der Waals surface area contributed by atoms with Crippen LogP contribution in [0.25, 0.3) is 0 Å². The molecular weight excluding hydrogens is 322 g/mol. The Bertz CT molecular complexity index is 853. The SMILES string of the molecule is COCn1cc(NC(=O)c2ccc(COc3cccc(C)c3)o2)cn1. The topological polar surface area (TPSA) is 78.5 Å². The lowest BCUT2D eigenvalue weighted by molar-refractivity contribution is 0.0992. The van der Waals surface area contributed by atoms with Gasteiger partial charge in [-0.15, -0.1) is 0 Å². The van der Waals surface area contributed by atoms with Gasteiger partial charge >= 0.3 is 0 Å². The van der Waals surface area contributed by atoms with Crippen molar-refractivity contribution in [3.05, 3.63) is 65.9 Å². The zero-order valence-corrected chi connectivity index (χ0v) is 14.1. The number of amides is 1. The van der Waals surface area contributed by atoms with E-state index >= 15 is 0 Å². The normalized spacial score (nSPS) is 10.6. The summed E-state index contributed by atoms with van der Waals surface area (Å²) in [4.78, 5) is 12.2. The zero-order valence-electron chi connectivity index (χ0n) is 14.1. The van der Waals surface area contributed by atoms with Crippen LogP contribution in [0.2, 0.25) is 0 Å². The number of hydrogen-bond acceptors (Lipinski definition) is 5. The minimum absolute atomic E-state index is 0.210. The number of ether oxygens (including phenoxy) is 2. The van der Waals surface area contributed by atoms with Crippen molar-refractivity contribution in [1.82, 2.24) is 9.78 Å². The Hall–Kier alpha value is -3.06. The summed E-state index contributed by atoms with van der Waals surface area (Å²) in [5.74, 6) is 1.19. The van der Waals surface area contributed by atoms with Gasteiger partial charge in [-0.25, -0.2) is 4.68 Å². The number of hydrogen-bond donors (Lipinski definition) is 1. The maximum absolute atomic E-state index is 12.2. The molecule has 1 aromatic carbocycles. The van der Waals surface area contributed by atoms with Crippen molar-refractivity contribution in [2.24, 2.45) is 0 Å². The van der Waals surface area contributed by atoms with Gasteiger partial charge in [0, 0.05) is 7.11 Å². The molecule has 7 nitrogen and oxygen atoms in total. The van der Waals surface area contributed by atoms with Gasteiger partial charge in [0.25, 0.3) is 5.91 Å². The van der Waals surface area contributed by atoms with E-state index in [1.54, 1.807) is 36.3 Å². The molecule has 0 fully saturated rings. The summed E-state index contributed by atoms with van der Waals surface area (Å²) in [5.41, 5.74) is 1.68. The van der Waals surface area contributed by atoms with Crippen LogP contribution in [0.5, 0.6) is 5.75 Å². The minimum Gasteiger partial charge on any atom is -0.486 e. The number of furan rings is 1. The van der Waals surface area contributed by atoms with Crippen LogP contribution in [0.4, 0.5) is 5.69 Å². The van der Waals surface area contributed by atoms with Crippen LogP contribution >= 0.6 is 0 Å². The van der Waals surface area contributed by atoms with Gasteiger partial charge in [-0.1, -0.05) is 12.1 Å². The highest BCUT2D eigenvalue weighted by atomic mass is 16.5. The fourth-order valence-corrected chi connectivity index (χ4v) is 2.26. The number of carbonyl (C=O) groups excluding carboxylic acids is 1. The smallest absolute Gasteiger partial charge is 0.291 e. The first kappa shape index (κ1) is 16.8.